The van der Waals surface area contributed by atoms with Gasteiger partial charge in [-0.1, -0.05) is 29.5 Å². The Labute approximate surface area is 97.7 Å². The van der Waals surface area contributed by atoms with Crippen LogP contribution in [0.4, 0.5) is 5.69 Å². The average Bonchev–Trinajstić information content (AvgIpc) is 2.79. The lowest BCUT2D eigenvalue weighted by atomic mass is 10.2. The van der Waals surface area contributed by atoms with E-state index in [0.29, 0.717) is 17.4 Å². The van der Waals surface area contributed by atoms with Gasteiger partial charge in [-0.2, -0.15) is 4.98 Å². The zero-order valence-electron chi connectivity index (χ0n) is 8.38. The molecule has 0 saturated carbocycles. The molecule has 0 radical (unpaired) electrons. The first-order valence-corrected chi connectivity index (χ1v) is 5.06. The Balaban J connectivity index is 2.12. The second kappa shape index (κ2) is 4.71. The highest BCUT2D eigenvalue weighted by atomic mass is 32.1. The highest BCUT2D eigenvalue weighted by Crippen LogP contribution is 2.15. The number of para-hydroxylation sites is 1. The molecule has 1 aromatic carbocycles. The molecule has 3 N–H and O–H groups in total. The highest BCUT2D eigenvalue weighted by molar-refractivity contribution is 7.80. The van der Waals surface area contributed by atoms with Crippen LogP contribution in [0.3, 0.4) is 0 Å². The van der Waals surface area contributed by atoms with Crippen LogP contribution in [-0.2, 0) is 6.54 Å². The monoisotopic (exact) mass is 234 g/mol. The fourth-order valence-corrected chi connectivity index (χ4v) is 1.47. The van der Waals surface area contributed by atoms with Gasteiger partial charge < -0.3 is 15.6 Å². The smallest absolute Gasteiger partial charge is 0.213 e. The number of thiocarbonyl (C=S) groups is 1. The van der Waals surface area contributed by atoms with Gasteiger partial charge >= 0.3 is 0 Å². The van der Waals surface area contributed by atoms with Crippen LogP contribution in [0.2, 0.25) is 0 Å². The predicted octanol–water partition coefficient (Wildman–Crippen LogP) is 1.32. The van der Waals surface area contributed by atoms with Crippen molar-refractivity contribution >= 4 is 22.9 Å². The topological polar surface area (TPSA) is 77.0 Å². The molecule has 0 aliphatic carbocycles. The number of anilines is 1. The van der Waals surface area contributed by atoms with Crippen molar-refractivity contribution in [2.24, 2.45) is 5.73 Å². The molecule has 0 saturated heterocycles. The molecule has 82 valence electrons. The van der Waals surface area contributed by atoms with Crippen LogP contribution in [0.25, 0.3) is 0 Å². The van der Waals surface area contributed by atoms with Crippen molar-refractivity contribution in [1.82, 2.24) is 10.1 Å². The lowest BCUT2D eigenvalue weighted by Crippen LogP contribution is -2.13. The van der Waals surface area contributed by atoms with E-state index in [0.717, 1.165) is 11.3 Å². The summed E-state index contributed by atoms with van der Waals surface area (Å²) in [7, 11) is 0. The normalized spacial score (nSPS) is 10.0. The third kappa shape index (κ3) is 2.34. The molecule has 0 amide bonds. The number of aromatic nitrogens is 2. The van der Waals surface area contributed by atoms with E-state index < -0.39 is 0 Å². The maximum absolute atomic E-state index is 5.61. The first-order chi connectivity index (χ1) is 7.77. The van der Waals surface area contributed by atoms with E-state index in [1.807, 2.05) is 24.3 Å². The van der Waals surface area contributed by atoms with E-state index in [9.17, 15) is 0 Å². The van der Waals surface area contributed by atoms with Gasteiger partial charge in [0.2, 0.25) is 6.39 Å². The van der Waals surface area contributed by atoms with Gasteiger partial charge in [0.1, 0.15) is 4.99 Å². The largest absolute Gasteiger partial charge is 0.389 e. The first-order valence-electron chi connectivity index (χ1n) is 4.65. The maximum atomic E-state index is 5.61. The van der Waals surface area contributed by atoms with Gasteiger partial charge in [-0.3, -0.25) is 0 Å². The quantitative estimate of drug-likeness (QED) is 0.777. The van der Waals surface area contributed by atoms with Crippen molar-refractivity contribution in [3.63, 3.8) is 0 Å². The minimum atomic E-state index is 0.358. The van der Waals surface area contributed by atoms with Crippen LogP contribution in [0.5, 0.6) is 0 Å². The second-order valence-corrected chi connectivity index (χ2v) is 3.55. The molecular weight excluding hydrogens is 224 g/mol. The Hall–Kier alpha value is -1.95. The SMILES string of the molecule is NC(=S)c1ccccc1NCc1ncon1. The minimum Gasteiger partial charge on any atom is -0.389 e. The van der Waals surface area contributed by atoms with E-state index in [2.05, 4.69) is 20.0 Å². The van der Waals surface area contributed by atoms with Crippen LogP contribution < -0.4 is 11.1 Å². The second-order valence-electron chi connectivity index (χ2n) is 3.11. The lowest BCUT2D eigenvalue weighted by molar-refractivity contribution is 0.411. The van der Waals surface area contributed by atoms with E-state index in [4.69, 9.17) is 18.0 Å². The molecule has 0 spiro atoms. The van der Waals surface area contributed by atoms with Gasteiger partial charge in [0.15, 0.2) is 5.82 Å². The van der Waals surface area contributed by atoms with Gasteiger partial charge in [0.25, 0.3) is 0 Å². The summed E-state index contributed by atoms with van der Waals surface area (Å²) < 4.78 is 4.63. The molecule has 16 heavy (non-hydrogen) atoms. The molecule has 0 bridgehead atoms. The Morgan fingerprint density at radius 2 is 2.25 bits per heavy atom. The fraction of sp³-hybridized carbons (Fsp3) is 0.100. The van der Waals surface area contributed by atoms with Gasteiger partial charge in [0, 0.05) is 11.3 Å². The molecule has 0 unspecified atom stereocenters. The van der Waals surface area contributed by atoms with Crippen LogP contribution in [-0.4, -0.2) is 15.1 Å². The number of hydrogen-bond donors (Lipinski definition) is 2. The highest BCUT2D eigenvalue weighted by Gasteiger charge is 2.04. The van der Waals surface area contributed by atoms with Gasteiger partial charge in [-0.05, 0) is 12.1 Å². The zero-order valence-corrected chi connectivity index (χ0v) is 9.20. The van der Waals surface area contributed by atoms with E-state index in [1.165, 1.54) is 6.39 Å². The zero-order chi connectivity index (χ0) is 11.4. The summed E-state index contributed by atoms with van der Waals surface area (Å²) in [6, 6.07) is 7.55. The third-order valence-corrected chi connectivity index (χ3v) is 2.26. The number of nitrogens with two attached hydrogens (primary N) is 1. The molecule has 5 nitrogen and oxygen atoms in total. The average molecular weight is 234 g/mol. The van der Waals surface area contributed by atoms with Crippen molar-refractivity contribution in [3.05, 3.63) is 42.0 Å². The fourth-order valence-electron chi connectivity index (χ4n) is 1.30. The maximum Gasteiger partial charge on any atom is 0.213 e. The van der Waals surface area contributed by atoms with Crippen molar-refractivity contribution < 1.29 is 4.52 Å². The van der Waals surface area contributed by atoms with Crippen LogP contribution in [0, 0.1) is 0 Å². The number of benzene rings is 1. The van der Waals surface area contributed by atoms with Crippen molar-refractivity contribution in [1.29, 1.82) is 0 Å². The summed E-state index contributed by atoms with van der Waals surface area (Å²) in [6.07, 6.45) is 1.29. The van der Waals surface area contributed by atoms with Gasteiger partial charge in [-0.25, -0.2) is 0 Å². The van der Waals surface area contributed by atoms with Crippen LogP contribution in [0.1, 0.15) is 11.4 Å². The number of hydrogen-bond acceptors (Lipinski definition) is 5. The molecule has 0 aliphatic rings. The number of nitrogens with one attached hydrogen (secondary N) is 1. The molecule has 6 heteroatoms. The molecule has 0 fully saturated rings. The molecular formula is C10H10N4OS. The molecule has 1 aromatic heterocycles. The molecule has 1 heterocycles. The Morgan fingerprint density at radius 3 is 2.94 bits per heavy atom. The summed E-state index contributed by atoms with van der Waals surface area (Å²) >= 11 is 4.95. The third-order valence-electron chi connectivity index (χ3n) is 2.04. The van der Waals surface area contributed by atoms with Gasteiger partial charge in [0.05, 0.1) is 6.54 Å². The molecule has 2 rings (SSSR count). The summed E-state index contributed by atoms with van der Waals surface area (Å²) in [5.41, 5.74) is 7.27. The van der Waals surface area contributed by atoms with Crippen molar-refractivity contribution in [2.75, 3.05) is 5.32 Å². The van der Waals surface area contributed by atoms with Crippen molar-refractivity contribution in [2.45, 2.75) is 6.54 Å². The van der Waals surface area contributed by atoms with E-state index in [-0.39, 0.29) is 0 Å². The molecule has 0 aliphatic heterocycles. The molecule has 2 aromatic rings. The number of rotatable bonds is 4. The Kier molecular flexibility index (Phi) is 3.11. The predicted molar refractivity (Wildman–Crippen MR) is 64.0 cm³/mol. The lowest BCUT2D eigenvalue weighted by Gasteiger charge is -2.08. The Bertz CT molecular complexity index is 483. The Morgan fingerprint density at radius 1 is 1.44 bits per heavy atom. The minimum absolute atomic E-state index is 0.358. The molecule has 0 atom stereocenters. The summed E-state index contributed by atoms with van der Waals surface area (Å²) in [5, 5.41) is 6.84. The summed E-state index contributed by atoms with van der Waals surface area (Å²) in [5.74, 6) is 0.581. The van der Waals surface area contributed by atoms with Crippen LogP contribution >= 0.6 is 12.2 Å². The number of nitrogens with zero attached hydrogens (tertiary/aromatic N) is 2. The summed E-state index contributed by atoms with van der Waals surface area (Å²) in [4.78, 5) is 4.26. The summed E-state index contributed by atoms with van der Waals surface area (Å²) in [6.45, 7) is 0.468. The standard InChI is InChI=1S/C10H10N4OS/c11-10(16)7-3-1-2-4-8(7)12-5-9-13-6-15-14-9/h1-4,6,12H,5H2,(H2,11,16). The van der Waals surface area contributed by atoms with Crippen molar-refractivity contribution in [3.8, 4) is 0 Å². The van der Waals surface area contributed by atoms with E-state index in [1.54, 1.807) is 0 Å². The first kappa shape index (κ1) is 10.6. The van der Waals surface area contributed by atoms with E-state index >= 15 is 0 Å². The van der Waals surface area contributed by atoms with Gasteiger partial charge in [-0.15, -0.1) is 0 Å². The van der Waals surface area contributed by atoms with Crippen LogP contribution in [0.15, 0.2) is 35.2 Å².